The molecule has 0 spiro atoms. The lowest BCUT2D eigenvalue weighted by molar-refractivity contribution is -0.696. The van der Waals surface area contributed by atoms with E-state index in [4.69, 9.17) is 0 Å². The third kappa shape index (κ3) is 17.3. The Balaban J connectivity index is 0.000000320. The van der Waals surface area contributed by atoms with E-state index in [2.05, 4.69) is 102 Å². The minimum absolute atomic E-state index is 0.0689. The van der Waals surface area contributed by atoms with Gasteiger partial charge in [0.1, 0.15) is 0 Å². The topological polar surface area (TPSA) is 167 Å². The minimum atomic E-state index is -1.34. The maximum absolute atomic E-state index is 10.2. The van der Waals surface area contributed by atoms with Crippen LogP contribution in [-0.2, 0) is 0 Å². The molecular weight excluding hydrogens is 842 g/mol. The lowest BCUT2D eigenvalue weighted by Crippen LogP contribution is -3.67. The summed E-state index contributed by atoms with van der Waals surface area (Å²) in [5.74, 6) is -2.69. The van der Waals surface area contributed by atoms with Crippen molar-refractivity contribution < 1.29 is 72.1 Å². The molecule has 0 aliphatic heterocycles. The van der Waals surface area contributed by atoms with Gasteiger partial charge in [0.05, 0.1) is 21.8 Å². The number of carboxylic acid groups (broad SMARTS) is 2. The van der Waals surface area contributed by atoms with Gasteiger partial charge in [-0.2, -0.15) is 0 Å². The van der Waals surface area contributed by atoms with Gasteiger partial charge < -0.3 is 19.8 Å². The van der Waals surface area contributed by atoms with Gasteiger partial charge in [-0.05, 0) is 100 Å². The monoisotopic (exact) mass is 882 g/mol. The average Bonchev–Trinajstić information content (AvgIpc) is 3.06. The average molecular weight is 883 g/mol. The lowest BCUT2D eigenvalue weighted by Gasteiger charge is -2.06. The SMILES string of the molecule is CCC(C)(C)[I+]c1ccccc1.CCC(C)(C)[I+]c1ccccc1.O=C([O-])c1ccc([N+](=O)[O-])cc1.O=C([O-])c1ccc([N+](=O)[O-])cc1. The van der Waals surface area contributed by atoms with Crippen LogP contribution in [0.5, 0.6) is 0 Å². The van der Waals surface area contributed by atoms with E-state index in [1.165, 1.54) is 12.8 Å². The van der Waals surface area contributed by atoms with Crippen LogP contribution in [0.1, 0.15) is 75.1 Å². The van der Waals surface area contributed by atoms with Crippen molar-refractivity contribution in [2.24, 2.45) is 0 Å². The molecule has 0 fully saturated rings. The first-order chi connectivity index (χ1) is 22.5. The van der Waals surface area contributed by atoms with Crippen LogP contribution in [0.25, 0.3) is 0 Å². The van der Waals surface area contributed by atoms with E-state index in [-0.39, 0.29) is 64.9 Å². The van der Waals surface area contributed by atoms with Crippen LogP contribution < -0.4 is 52.6 Å². The summed E-state index contributed by atoms with van der Waals surface area (Å²) in [4.78, 5) is 39.5. The predicted molar refractivity (Wildman–Crippen MR) is 174 cm³/mol. The van der Waals surface area contributed by atoms with Crippen LogP contribution in [0.2, 0.25) is 0 Å². The Kier molecular flexibility index (Phi) is 18.5. The number of nitro groups is 2. The van der Waals surface area contributed by atoms with Gasteiger partial charge in [0, 0.05) is 24.3 Å². The summed E-state index contributed by atoms with van der Waals surface area (Å²) in [6.07, 6.45) is 2.57. The summed E-state index contributed by atoms with van der Waals surface area (Å²) >= 11 is 0.361. The van der Waals surface area contributed by atoms with E-state index < -0.39 is 21.8 Å². The first-order valence-corrected chi connectivity index (χ1v) is 19.2. The molecule has 48 heavy (non-hydrogen) atoms. The molecule has 0 amide bonds. The third-order valence-electron chi connectivity index (χ3n) is 6.51. The molecule has 0 heterocycles. The second kappa shape index (κ2) is 21.1. The van der Waals surface area contributed by atoms with Crippen LogP contribution in [0, 0.1) is 27.4 Å². The molecule has 0 bridgehead atoms. The normalized spacial score (nSPS) is 10.5. The number of nitro benzene ring substituents is 2. The molecule has 0 unspecified atom stereocenters. The quantitative estimate of drug-likeness (QED) is 0.0943. The molecule has 256 valence electrons. The second-order valence-electron chi connectivity index (χ2n) is 11.1. The number of non-ortho nitro benzene ring substituents is 2. The number of rotatable bonds is 10. The van der Waals surface area contributed by atoms with Crippen molar-refractivity contribution in [2.45, 2.75) is 61.2 Å². The maximum atomic E-state index is 10.2. The highest BCUT2D eigenvalue weighted by Gasteiger charge is 2.33. The molecule has 0 aliphatic carbocycles. The molecule has 4 rings (SSSR count). The van der Waals surface area contributed by atoms with Crippen molar-refractivity contribution in [3.63, 3.8) is 0 Å². The molecule has 0 atom stereocenters. The summed E-state index contributed by atoms with van der Waals surface area (Å²) in [7, 11) is 0. The van der Waals surface area contributed by atoms with Crippen molar-refractivity contribution in [3.8, 4) is 0 Å². The number of hydrogen-bond donors (Lipinski definition) is 0. The van der Waals surface area contributed by atoms with Crippen LogP contribution in [0.3, 0.4) is 0 Å². The first kappa shape index (κ1) is 42.1. The third-order valence-corrected chi connectivity index (χ3v) is 13.6. The van der Waals surface area contributed by atoms with E-state index in [0.29, 0.717) is 6.84 Å². The summed E-state index contributed by atoms with van der Waals surface area (Å²) < 4.78 is 4.23. The van der Waals surface area contributed by atoms with E-state index in [1.54, 1.807) is 7.14 Å². The fourth-order valence-electron chi connectivity index (χ4n) is 3.12. The van der Waals surface area contributed by atoms with Crippen molar-refractivity contribution in [1.82, 2.24) is 0 Å². The Morgan fingerprint density at radius 3 is 1.02 bits per heavy atom. The van der Waals surface area contributed by atoms with Crippen LogP contribution in [0.15, 0.2) is 109 Å². The minimum Gasteiger partial charge on any atom is -0.545 e. The highest BCUT2D eigenvalue weighted by atomic mass is 127. The van der Waals surface area contributed by atoms with Crippen molar-refractivity contribution in [3.05, 3.63) is 148 Å². The molecule has 4 aromatic rings. The van der Waals surface area contributed by atoms with Gasteiger partial charge in [-0.3, -0.25) is 20.2 Å². The fourth-order valence-corrected chi connectivity index (χ4v) is 8.80. The Morgan fingerprint density at radius 1 is 0.542 bits per heavy atom. The van der Waals surface area contributed by atoms with Gasteiger partial charge in [-0.15, -0.1) is 0 Å². The van der Waals surface area contributed by atoms with Crippen molar-refractivity contribution in [1.29, 1.82) is 0 Å². The second-order valence-corrected chi connectivity index (χ2v) is 20.5. The highest BCUT2D eigenvalue weighted by Crippen LogP contribution is 2.11. The lowest BCUT2D eigenvalue weighted by atomic mass is 10.2. The Bertz CT molecular complexity index is 1390. The number of hydrogen-bond acceptors (Lipinski definition) is 8. The van der Waals surface area contributed by atoms with Gasteiger partial charge in [0.15, 0.2) is 14.0 Å². The molecule has 0 aliphatic rings. The molecule has 0 saturated heterocycles. The number of carbonyl (C=O) groups is 2. The molecule has 12 heteroatoms. The predicted octanol–water partition coefficient (Wildman–Crippen LogP) is 0.184. The Hall–Kier alpha value is -3.92. The van der Waals surface area contributed by atoms with Gasteiger partial charge >= 0.3 is 42.4 Å². The summed E-state index contributed by atoms with van der Waals surface area (Å²) in [5.41, 5.74) is -0.416. The highest BCUT2D eigenvalue weighted by molar-refractivity contribution is 5.86. The molecule has 0 saturated carbocycles. The summed E-state index contributed by atoms with van der Waals surface area (Å²) in [6.45, 7) is 14.0. The Morgan fingerprint density at radius 2 is 0.812 bits per heavy atom. The van der Waals surface area contributed by atoms with Crippen LogP contribution in [0.4, 0.5) is 11.4 Å². The molecule has 0 aromatic heterocycles. The molecular formula is C36H40I2N2O8. The summed E-state index contributed by atoms with van der Waals surface area (Å²) in [5, 5.41) is 40.7. The summed E-state index contributed by atoms with van der Waals surface area (Å²) in [6, 6.07) is 30.8. The number of carboxylic acids is 2. The van der Waals surface area contributed by atoms with Gasteiger partial charge in [0.2, 0.25) is 0 Å². The van der Waals surface area contributed by atoms with Crippen molar-refractivity contribution >= 4 is 23.3 Å². The smallest absolute Gasteiger partial charge is 0.319 e. The molecule has 10 nitrogen and oxygen atoms in total. The standard InChI is InChI=1S/2C11H16I.2C7H5NO4/c2*1-4-11(2,3)12-10-8-6-5-7-9-10;2*9-7(10)5-1-3-6(4-2-5)8(11)12/h2*5-9H,4H2,1-3H3;2*1-4H,(H,9,10)/q2*+1;;/p-2. The Labute approximate surface area is 302 Å². The molecule has 0 N–H and O–H groups in total. The largest absolute Gasteiger partial charge is 0.545 e. The van der Waals surface area contributed by atoms with E-state index in [9.17, 15) is 40.0 Å². The maximum Gasteiger partial charge on any atom is 0.319 e. The number of aromatic carboxylic acids is 2. The van der Waals surface area contributed by atoms with Crippen molar-refractivity contribution in [2.75, 3.05) is 0 Å². The number of halogens is 2. The number of carbonyl (C=O) groups excluding carboxylic acids is 2. The number of nitrogens with zero attached hydrogens (tertiary/aromatic N) is 2. The zero-order valence-corrected chi connectivity index (χ0v) is 32.0. The van der Waals surface area contributed by atoms with E-state index >= 15 is 0 Å². The van der Waals surface area contributed by atoms with E-state index in [1.807, 2.05) is 0 Å². The zero-order chi connectivity index (χ0) is 36.3. The fraction of sp³-hybridized carbons (Fsp3) is 0.278. The van der Waals surface area contributed by atoms with Gasteiger partial charge in [-0.1, -0.05) is 50.2 Å². The van der Waals surface area contributed by atoms with Crippen LogP contribution >= 0.6 is 0 Å². The van der Waals surface area contributed by atoms with Gasteiger partial charge in [0.25, 0.3) is 11.4 Å². The zero-order valence-electron chi connectivity index (χ0n) is 27.7. The van der Waals surface area contributed by atoms with Gasteiger partial charge in [-0.25, -0.2) is 0 Å². The van der Waals surface area contributed by atoms with E-state index in [0.717, 1.165) is 48.5 Å². The van der Waals surface area contributed by atoms with Crippen LogP contribution in [-0.4, -0.2) is 28.6 Å². The molecule has 0 radical (unpaired) electrons. The number of benzene rings is 4. The first-order valence-electron chi connectivity index (χ1n) is 14.8. The number of alkyl halides is 2. The molecule has 4 aromatic carbocycles.